The minimum Gasteiger partial charge on any atom is -0.396 e. The van der Waals surface area contributed by atoms with Gasteiger partial charge in [-0.1, -0.05) is 30.7 Å². The lowest BCUT2D eigenvalue weighted by Gasteiger charge is -2.38. The maximum atomic E-state index is 13.2. The van der Waals surface area contributed by atoms with Crippen LogP contribution in [0.15, 0.2) is 40.7 Å². The Morgan fingerprint density at radius 1 is 1.25 bits per heavy atom. The quantitative estimate of drug-likeness (QED) is 0.619. The van der Waals surface area contributed by atoms with Crippen LogP contribution in [0.4, 0.5) is 4.79 Å². The summed E-state index contributed by atoms with van der Waals surface area (Å²) in [6.07, 6.45) is 0.910. The molecule has 0 spiro atoms. The Kier molecular flexibility index (Phi) is 7.97. The molecule has 2 unspecified atom stereocenters. The third kappa shape index (κ3) is 5.17. The minimum atomic E-state index is -3.65. The lowest BCUT2D eigenvalue weighted by atomic mass is 9.93. The van der Waals surface area contributed by atoms with Crippen molar-refractivity contribution in [2.45, 2.75) is 45.3 Å². The number of aliphatic hydroxyl groups excluding tert-OH is 2. The van der Waals surface area contributed by atoms with Gasteiger partial charge >= 0.3 is 6.03 Å². The molecule has 0 aromatic heterocycles. The molecule has 0 bridgehead atoms. The van der Waals surface area contributed by atoms with Gasteiger partial charge in [-0.15, -0.1) is 0 Å². The second-order valence-corrected chi connectivity index (χ2v) is 10.7. The van der Waals surface area contributed by atoms with Crippen molar-refractivity contribution in [3.8, 4) is 0 Å². The zero-order valence-electron chi connectivity index (χ0n) is 18.4. The highest BCUT2D eigenvalue weighted by atomic mass is 35.5. The maximum absolute atomic E-state index is 13.2. The second-order valence-electron chi connectivity index (χ2n) is 8.17. The van der Waals surface area contributed by atoms with Crippen LogP contribution >= 0.6 is 11.6 Å². The molecule has 8 nitrogen and oxygen atoms in total. The average molecular weight is 484 g/mol. The third-order valence-corrected chi connectivity index (χ3v) is 8.08. The van der Waals surface area contributed by atoms with Gasteiger partial charge in [-0.25, -0.2) is 18.2 Å². The molecule has 0 saturated carbocycles. The summed E-state index contributed by atoms with van der Waals surface area (Å²) in [7, 11) is -2.12. The zero-order valence-corrected chi connectivity index (χ0v) is 19.9. The number of aliphatic hydroxyl groups is 2. The smallest absolute Gasteiger partial charge is 0.327 e. The van der Waals surface area contributed by atoms with Crippen molar-refractivity contribution in [3.63, 3.8) is 0 Å². The molecule has 0 aliphatic carbocycles. The van der Waals surface area contributed by atoms with Gasteiger partial charge in [0, 0.05) is 36.7 Å². The molecule has 0 fully saturated rings. The Balaban J connectivity index is 2.03. The van der Waals surface area contributed by atoms with Crippen LogP contribution in [0.25, 0.3) is 0 Å². The number of aliphatic imine (C=N–C) groups is 1. The third-order valence-electron chi connectivity index (χ3n) is 5.82. The molecule has 2 N–H and O–H groups in total. The Morgan fingerprint density at radius 3 is 2.56 bits per heavy atom. The van der Waals surface area contributed by atoms with E-state index in [0.29, 0.717) is 42.7 Å². The molecule has 176 valence electrons. The summed E-state index contributed by atoms with van der Waals surface area (Å²) >= 11 is 5.99. The molecule has 2 atom stereocenters. The fourth-order valence-corrected chi connectivity index (χ4v) is 6.00. The van der Waals surface area contributed by atoms with Crippen LogP contribution in [0.1, 0.15) is 38.2 Å². The fourth-order valence-electron chi connectivity index (χ4n) is 4.19. The van der Waals surface area contributed by atoms with E-state index < -0.39 is 22.1 Å². The number of urea groups is 1. The first-order chi connectivity index (χ1) is 15.2. The van der Waals surface area contributed by atoms with Gasteiger partial charge in [0.15, 0.2) is 16.1 Å². The summed E-state index contributed by atoms with van der Waals surface area (Å²) in [6.45, 7) is 1.89. The van der Waals surface area contributed by atoms with Crippen LogP contribution in [0.5, 0.6) is 0 Å². The van der Waals surface area contributed by atoms with E-state index in [2.05, 4.69) is 4.99 Å². The summed E-state index contributed by atoms with van der Waals surface area (Å²) < 4.78 is 26.3. The molecule has 1 aromatic carbocycles. The summed E-state index contributed by atoms with van der Waals surface area (Å²) in [5.74, 6) is -0.218. The average Bonchev–Trinajstić information content (AvgIpc) is 2.94. The lowest BCUT2D eigenvalue weighted by molar-refractivity contribution is 0.0298. The first-order valence-electron chi connectivity index (χ1n) is 10.8. The SMILES string of the molecule is CCCS(=O)(=O)C1=NC2=C(CCC1Cc1ccc(Cl)cc1)C(O)N(CCCO)C(=O)N2C. The van der Waals surface area contributed by atoms with E-state index in [9.17, 15) is 18.3 Å². The molecule has 3 rings (SSSR count). The van der Waals surface area contributed by atoms with Gasteiger partial charge in [0.2, 0.25) is 0 Å². The Hall–Kier alpha value is -1.94. The van der Waals surface area contributed by atoms with Gasteiger partial charge in [-0.2, -0.15) is 0 Å². The molecule has 1 aromatic rings. The number of hydrogen-bond donors (Lipinski definition) is 2. The van der Waals surface area contributed by atoms with Gasteiger partial charge in [-0.05, 0) is 49.8 Å². The van der Waals surface area contributed by atoms with Crippen molar-refractivity contribution in [1.82, 2.24) is 9.80 Å². The van der Waals surface area contributed by atoms with Crippen LogP contribution in [0.2, 0.25) is 5.02 Å². The number of amides is 2. The highest BCUT2D eigenvalue weighted by Crippen LogP contribution is 2.35. The molecule has 32 heavy (non-hydrogen) atoms. The van der Waals surface area contributed by atoms with E-state index >= 15 is 0 Å². The van der Waals surface area contributed by atoms with Gasteiger partial charge in [-0.3, -0.25) is 9.80 Å². The van der Waals surface area contributed by atoms with Crippen LogP contribution in [-0.2, 0) is 16.3 Å². The van der Waals surface area contributed by atoms with Crippen molar-refractivity contribution in [1.29, 1.82) is 0 Å². The summed E-state index contributed by atoms with van der Waals surface area (Å²) in [5.41, 5.74) is 1.46. The van der Waals surface area contributed by atoms with Gasteiger partial charge in [0.25, 0.3) is 0 Å². The van der Waals surface area contributed by atoms with E-state index in [0.717, 1.165) is 5.56 Å². The van der Waals surface area contributed by atoms with Crippen LogP contribution < -0.4 is 0 Å². The minimum absolute atomic E-state index is 0.0333. The maximum Gasteiger partial charge on any atom is 0.327 e. The van der Waals surface area contributed by atoms with E-state index in [1.165, 1.54) is 16.8 Å². The van der Waals surface area contributed by atoms with Gasteiger partial charge in [0.1, 0.15) is 10.9 Å². The lowest BCUT2D eigenvalue weighted by Crippen LogP contribution is -2.52. The van der Waals surface area contributed by atoms with Crippen molar-refractivity contribution < 1.29 is 23.4 Å². The standard InChI is InChI=1S/C22H30ClN3O5S/c1-3-13-32(30,31)20-16(14-15-5-8-17(23)9-6-15)7-10-18-19(24-20)25(2)22(29)26(21(18)28)11-4-12-27/h5-6,8-9,16,21,27-28H,3-4,7,10-14H2,1-2H3. The number of sulfone groups is 1. The molecule has 0 radical (unpaired) electrons. The molecular formula is C22H30ClN3O5S. The zero-order chi connectivity index (χ0) is 23.5. The number of hydrogen-bond acceptors (Lipinski definition) is 6. The number of carbonyl (C=O) groups excluding carboxylic acids is 1. The van der Waals surface area contributed by atoms with E-state index in [4.69, 9.17) is 16.7 Å². The highest BCUT2D eigenvalue weighted by molar-refractivity contribution is 8.06. The Labute approximate surface area is 194 Å². The monoisotopic (exact) mass is 483 g/mol. The van der Waals surface area contributed by atoms with Crippen LogP contribution in [0, 0.1) is 5.92 Å². The first-order valence-corrected chi connectivity index (χ1v) is 12.8. The summed E-state index contributed by atoms with van der Waals surface area (Å²) in [4.78, 5) is 20.0. The number of rotatable bonds is 7. The van der Waals surface area contributed by atoms with E-state index in [1.807, 2.05) is 12.1 Å². The van der Waals surface area contributed by atoms with Gasteiger partial charge < -0.3 is 10.2 Å². The topological polar surface area (TPSA) is 111 Å². The Bertz CT molecular complexity index is 1010. The highest BCUT2D eigenvalue weighted by Gasteiger charge is 2.40. The molecule has 2 aliphatic heterocycles. The Morgan fingerprint density at radius 2 is 1.94 bits per heavy atom. The van der Waals surface area contributed by atoms with Crippen molar-refractivity contribution in [2.24, 2.45) is 10.9 Å². The molecule has 2 heterocycles. The summed E-state index contributed by atoms with van der Waals surface area (Å²) in [5, 5.41) is 20.7. The number of halogens is 1. The predicted octanol–water partition coefficient (Wildman–Crippen LogP) is 2.80. The molecule has 0 saturated heterocycles. The fraction of sp³-hybridized carbons (Fsp3) is 0.545. The predicted molar refractivity (Wildman–Crippen MR) is 124 cm³/mol. The van der Waals surface area contributed by atoms with Crippen LogP contribution in [-0.4, -0.2) is 71.7 Å². The number of carbonyl (C=O) groups is 1. The van der Waals surface area contributed by atoms with Crippen LogP contribution in [0.3, 0.4) is 0 Å². The van der Waals surface area contributed by atoms with E-state index in [1.54, 1.807) is 19.1 Å². The molecule has 2 amide bonds. The van der Waals surface area contributed by atoms with E-state index in [-0.39, 0.29) is 35.7 Å². The molecular weight excluding hydrogens is 454 g/mol. The second kappa shape index (κ2) is 10.3. The summed E-state index contributed by atoms with van der Waals surface area (Å²) in [6, 6.07) is 6.79. The normalized spacial score (nSPS) is 22.0. The van der Waals surface area contributed by atoms with Crippen molar-refractivity contribution >= 4 is 32.5 Å². The van der Waals surface area contributed by atoms with Gasteiger partial charge in [0.05, 0.1) is 5.75 Å². The first kappa shape index (κ1) is 24.7. The molecule has 2 aliphatic rings. The van der Waals surface area contributed by atoms with Crippen molar-refractivity contribution in [2.75, 3.05) is 26.0 Å². The van der Waals surface area contributed by atoms with Crippen molar-refractivity contribution in [3.05, 3.63) is 46.2 Å². The number of nitrogens with zero attached hydrogens (tertiary/aromatic N) is 3. The number of benzene rings is 1. The largest absolute Gasteiger partial charge is 0.396 e. The molecule has 10 heteroatoms.